The van der Waals surface area contributed by atoms with Crippen LogP contribution in [-0.2, 0) is 11.3 Å². The normalized spacial score (nSPS) is 11.3. The van der Waals surface area contributed by atoms with Crippen LogP contribution < -0.4 is 5.32 Å². The van der Waals surface area contributed by atoms with Gasteiger partial charge in [-0.05, 0) is 48.4 Å². The summed E-state index contributed by atoms with van der Waals surface area (Å²) in [5.74, 6) is -0.214. The van der Waals surface area contributed by atoms with E-state index >= 15 is 0 Å². The molecule has 24 heavy (non-hydrogen) atoms. The van der Waals surface area contributed by atoms with Crippen LogP contribution in [0.15, 0.2) is 48.8 Å². The maximum atomic E-state index is 11.9. The second kappa shape index (κ2) is 7.07. The molecule has 2 heterocycles. The number of aryl methyl sites for hydroxylation is 1. The van der Waals surface area contributed by atoms with Gasteiger partial charge in [-0.15, -0.1) is 0 Å². The molecule has 1 aromatic carbocycles. The number of aromatic nitrogens is 2. The molecule has 0 fully saturated rings. The predicted octanol–water partition coefficient (Wildman–Crippen LogP) is 4.28. The third kappa shape index (κ3) is 3.96. The van der Waals surface area contributed by atoms with Gasteiger partial charge in [0.25, 0.3) is 0 Å². The Bertz CT molecular complexity index is 931. The van der Waals surface area contributed by atoms with Gasteiger partial charge in [0, 0.05) is 28.5 Å². The van der Waals surface area contributed by atoms with Crippen LogP contribution in [0.5, 0.6) is 0 Å². The van der Waals surface area contributed by atoms with Crippen LogP contribution in [0.2, 0.25) is 10.0 Å². The number of fused-ring (bicyclic) bond motifs is 1. The van der Waals surface area contributed by atoms with Crippen LogP contribution >= 0.6 is 23.2 Å². The van der Waals surface area contributed by atoms with E-state index < -0.39 is 0 Å². The average molecular weight is 360 g/mol. The van der Waals surface area contributed by atoms with Crippen LogP contribution in [0.4, 0.5) is 0 Å². The van der Waals surface area contributed by atoms with E-state index in [9.17, 15) is 4.79 Å². The zero-order chi connectivity index (χ0) is 17.1. The smallest absolute Gasteiger partial charge is 0.244 e. The molecule has 1 N–H and O–H groups in total. The number of carbonyl (C=O) groups excluding carboxylic acids is 1. The number of nitrogens with zero attached hydrogens (tertiary/aromatic N) is 2. The van der Waals surface area contributed by atoms with Crippen LogP contribution in [-0.4, -0.2) is 15.3 Å². The summed E-state index contributed by atoms with van der Waals surface area (Å²) in [6.45, 7) is 2.38. The summed E-state index contributed by atoms with van der Waals surface area (Å²) >= 11 is 11.9. The van der Waals surface area contributed by atoms with E-state index in [1.165, 1.54) is 6.08 Å². The van der Waals surface area contributed by atoms with Crippen molar-refractivity contribution in [2.75, 3.05) is 0 Å². The molecule has 0 saturated carbocycles. The van der Waals surface area contributed by atoms with Crippen LogP contribution in [0.1, 0.15) is 16.8 Å². The highest BCUT2D eigenvalue weighted by atomic mass is 35.5. The van der Waals surface area contributed by atoms with E-state index in [1.54, 1.807) is 24.3 Å². The molecule has 3 aromatic rings. The lowest BCUT2D eigenvalue weighted by molar-refractivity contribution is -0.116. The molecule has 0 atom stereocenters. The SMILES string of the molecule is Cc1ccn2cc(CNC(=O)/C=C/c3ccc(Cl)cc3Cl)nc2c1. The second-order valence-electron chi connectivity index (χ2n) is 5.42. The highest BCUT2D eigenvalue weighted by molar-refractivity contribution is 6.35. The number of carbonyl (C=O) groups is 1. The maximum Gasteiger partial charge on any atom is 0.244 e. The molecule has 0 aliphatic heterocycles. The highest BCUT2D eigenvalue weighted by Gasteiger charge is 2.04. The number of nitrogens with one attached hydrogen (secondary N) is 1. The van der Waals surface area contributed by atoms with Gasteiger partial charge >= 0.3 is 0 Å². The van der Waals surface area contributed by atoms with Crippen molar-refractivity contribution in [3.05, 3.63) is 75.7 Å². The molecule has 0 unspecified atom stereocenters. The summed E-state index contributed by atoms with van der Waals surface area (Å²) in [7, 11) is 0. The van der Waals surface area contributed by atoms with Crippen molar-refractivity contribution in [2.45, 2.75) is 13.5 Å². The van der Waals surface area contributed by atoms with E-state index in [1.807, 2.05) is 35.9 Å². The van der Waals surface area contributed by atoms with E-state index in [-0.39, 0.29) is 5.91 Å². The average Bonchev–Trinajstić information content (AvgIpc) is 2.94. The van der Waals surface area contributed by atoms with E-state index in [4.69, 9.17) is 23.2 Å². The highest BCUT2D eigenvalue weighted by Crippen LogP contribution is 2.21. The van der Waals surface area contributed by atoms with E-state index in [0.29, 0.717) is 16.6 Å². The van der Waals surface area contributed by atoms with Gasteiger partial charge in [0.1, 0.15) is 5.65 Å². The van der Waals surface area contributed by atoms with Crippen molar-refractivity contribution >= 4 is 40.8 Å². The molecule has 0 aliphatic carbocycles. The Morgan fingerprint density at radius 2 is 2.12 bits per heavy atom. The quantitative estimate of drug-likeness (QED) is 0.706. The van der Waals surface area contributed by atoms with Crippen LogP contribution in [0.25, 0.3) is 11.7 Å². The van der Waals surface area contributed by atoms with Gasteiger partial charge in [0.2, 0.25) is 5.91 Å². The molecule has 3 rings (SSSR count). The number of amides is 1. The number of hydrogen-bond acceptors (Lipinski definition) is 2. The summed E-state index contributed by atoms with van der Waals surface area (Å²) in [5, 5.41) is 3.87. The van der Waals surface area contributed by atoms with Gasteiger partial charge in [0.05, 0.1) is 12.2 Å². The number of pyridine rings is 1. The van der Waals surface area contributed by atoms with Gasteiger partial charge in [-0.3, -0.25) is 4.79 Å². The molecule has 4 nitrogen and oxygen atoms in total. The first-order valence-electron chi connectivity index (χ1n) is 7.36. The Kier molecular flexibility index (Phi) is 4.88. The lowest BCUT2D eigenvalue weighted by Gasteiger charge is -2.00. The van der Waals surface area contributed by atoms with Gasteiger partial charge in [-0.25, -0.2) is 4.98 Å². The molecule has 0 radical (unpaired) electrons. The van der Waals surface area contributed by atoms with Crippen molar-refractivity contribution in [1.82, 2.24) is 14.7 Å². The first kappa shape index (κ1) is 16.6. The van der Waals surface area contributed by atoms with Crippen LogP contribution in [0, 0.1) is 6.92 Å². The van der Waals surface area contributed by atoms with Gasteiger partial charge in [-0.2, -0.15) is 0 Å². The van der Waals surface area contributed by atoms with E-state index in [0.717, 1.165) is 22.5 Å². The fourth-order valence-electron chi connectivity index (χ4n) is 2.26. The molecular formula is C18H15Cl2N3O. The molecule has 2 aromatic heterocycles. The number of hydrogen-bond donors (Lipinski definition) is 1. The van der Waals surface area contributed by atoms with Crippen molar-refractivity contribution in [1.29, 1.82) is 0 Å². The summed E-state index contributed by atoms with van der Waals surface area (Å²) < 4.78 is 1.93. The number of benzene rings is 1. The first-order valence-corrected chi connectivity index (χ1v) is 8.12. The Labute approximate surface area is 149 Å². The van der Waals surface area contributed by atoms with Crippen molar-refractivity contribution in [3.8, 4) is 0 Å². The second-order valence-corrected chi connectivity index (χ2v) is 6.26. The standard InChI is InChI=1S/C18H15Cl2N3O/c1-12-6-7-23-11-15(22-17(23)8-12)10-21-18(24)5-3-13-2-4-14(19)9-16(13)20/h2-9,11H,10H2,1H3,(H,21,24)/b5-3+. The maximum absolute atomic E-state index is 11.9. The predicted molar refractivity (Wildman–Crippen MR) is 97.3 cm³/mol. The largest absolute Gasteiger partial charge is 0.347 e. The first-order chi connectivity index (χ1) is 11.5. The molecule has 6 heteroatoms. The van der Waals surface area contributed by atoms with E-state index in [2.05, 4.69) is 10.3 Å². The Morgan fingerprint density at radius 3 is 2.92 bits per heavy atom. The summed E-state index contributed by atoms with van der Waals surface area (Å²) in [6, 6.07) is 9.13. The van der Waals surface area contributed by atoms with Crippen LogP contribution in [0.3, 0.4) is 0 Å². The molecule has 1 amide bonds. The lowest BCUT2D eigenvalue weighted by atomic mass is 10.2. The Morgan fingerprint density at radius 1 is 1.29 bits per heavy atom. The minimum atomic E-state index is -0.214. The lowest BCUT2D eigenvalue weighted by Crippen LogP contribution is -2.20. The molecular weight excluding hydrogens is 345 g/mol. The van der Waals surface area contributed by atoms with Crippen molar-refractivity contribution in [3.63, 3.8) is 0 Å². The van der Waals surface area contributed by atoms with Crippen molar-refractivity contribution < 1.29 is 4.79 Å². The molecule has 0 aliphatic rings. The van der Waals surface area contributed by atoms with Gasteiger partial charge < -0.3 is 9.72 Å². The fraction of sp³-hybridized carbons (Fsp3) is 0.111. The number of halogens is 2. The Balaban J connectivity index is 1.63. The molecule has 0 bridgehead atoms. The Hall–Kier alpha value is -2.30. The topological polar surface area (TPSA) is 46.4 Å². The molecule has 0 saturated heterocycles. The zero-order valence-electron chi connectivity index (χ0n) is 13.0. The monoisotopic (exact) mass is 359 g/mol. The minimum Gasteiger partial charge on any atom is -0.347 e. The summed E-state index contributed by atoms with van der Waals surface area (Å²) in [5.41, 5.74) is 3.54. The molecule has 122 valence electrons. The number of rotatable bonds is 4. The van der Waals surface area contributed by atoms with Crippen molar-refractivity contribution in [2.24, 2.45) is 0 Å². The third-order valence-electron chi connectivity index (χ3n) is 3.49. The minimum absolute atomic E-state index is 0.214. The number of imidazole rings is 1. The third-order valence-corrected chi connectivity index (χ3v) is 4.05. The molecule has 0 spiro atoms. The fourth-order valence-corrected chi connectivity index (χ4v) is 2.73. The van der Waals surface area contributed by atoms with Gasteiger partial charge in [-0.1, -0.05) is 29.3 Å². The zero-order valence-corrected chi connectivity index (χ0v) is 14.5. The summed E-state index contributed by atoms with van der Waals surface area (Å²) in [4.78, 5) is 16.4. The summed E-state index contributed by atoms with van der Waals surface area (Å²) in [6.07, 6.45) is 6.94. The van der Waals surface area contributed by atoms with Gasteiger partial charge in [0.15, 0.2) is 0 Å².